The summed E-state index contributed by atoms with van der Waals surface area (Å²) in [6.45, 7) is -0.0781. The fourth-order valence-electron chi connectivity index (χ4n) is 1.53. The van der Waals surface area contributed by atoms with Crippen molar-refractivity contribution in [3.8, 4) is 0 Å². The fraction of sp³-hybridized carbons (Fsp3) is 0.600. The first-order chi connectivity index (χ1) is 8.60. The van der Waals surface area contributed by atoms with Gasteiger partial charge in [-0.2, -0.15) is 0 Å². The minimum absolute atomic E-state index is 0.0781. The van der Waals surface area contributed by atoms with E-state index in [4.69, 9.17) is 9.84 Å². The van der Waals surface area contributed by atoms with Gasteiger partial charge in [-0.15, -0.1) is 0 Å². The predicted octanol–water partition coefficient (Wildman–Crippen LogP) is -4.73. The van der Waals surface area contributed by atoms with Crippen molar-refractivity contribution in [2.45, 2.75) is 16.4 Å². The molecule has 0 aromatic carbocycles. The van der Waals surface area contributed by atoms with Gasteiger partial charge in [0.15, 0.2) is 0 Å². The number of amides is 1. The number of imidazole rings is 1. The van der Waals surface area contributed by atoms with Crippen molar-refractivity contribution in [1.82, 2.24) is 14.9 Å². The molecule has 1 saturated heterocycles. The number of aromatic nitrogens is 2. The van der Waals surface area contributed by atoms with E-state index in [0.29, 0.717) is 10.1 Å². The van der Waals surface area contributed by atoms with Crippen molar-refractivity contribution in [3.63, 3.8) is 0 Å². The zero-order chi connectivity index (χ0) is 13.1. The topological polar surface area (TPSA) is 96.6 Å². The van der Waals surface area contributed by atoms with Crippen LogP contribution in [-0.4, -0.2) is 53.1 Å². The van der Waals surface area contributed by atoms with Gasteiger partial charge in [-0.1, -0.05) is 0 Å². The molecule has 0 saturated carbocycles. The second kappa shape index (κ2) is 5.95. The third kappa shape index (κ3) is 3.19. The van der Waals surface area contributed by atoms with Crippen LogP contribution in [0.15, 0.2) is 12.5 Å². The average molecular weight is 368 g/mol. The summed E-state index contributed by atoms with van der Waals surface area (Å²) in [7, 11) is 1.78. The van der Waals surface area contributed by atoms with Gasteiger partial charge in [0.25, 0.3) is 0 Å². The molecule has 2 heterocycles. The van der Waals surface area contributed by atoms with Crippen LogP contribution in [-0.2, 0) is 11.8 Å². The van der Waals surface area contributed by atoms with Gasteiger partial charge in [0.2, 0.25) is 0 Å². The molecule has 0 aliphatic carbocycles. The number of aryl methyl sites for hydroxylation is 1. The van der Waals surface area contributed by atoms with E-state index in [9.17, 15) is 9.90 Å². The van der Waals surface area contributed by atoms with E-state index in [1.54, 1.807) is 17.8 Å². The Morgan fingerprint density at radius 2 is 2.56 bits per heavy atom. The zero-order valence-electron chi connectivity index (χ0n) is 9.78. The number of nitrogens with one attached hydrogen (secondary N) is 1. The number of hydrogen-bond donors (Lipinski definition) is 3. The van der Waals surface area contributed by atoms with E-state index in [-0.39, 0.29) is 37.8 Å². The van der Waals surface area contributed by atoms with E-state index in [0.717, 1.165) is 0 Å². The first-order valence-corrected chi connectivity index (χ1v) is 8.18. The summed E-state index contributed by atoms with van der Waals surface area (Å²) in [5, 5.41) is 21.4. The summed E-state index contributed by atoms with van der Waals surface area (Å²) in [5.74, 6) is -0.324. The van der Waals surface area contributed by atoms with E-state index < -0.39 is 12.3 Å². The standard InChI is InChI=1S/C10H15IN3O4/c1-14-3-7(12-5-14)9(16)13-6-2-11-8(4-15)18-10(6)17/h3,5-6,8,10,15,17H,2,4H2,1H3,(H,13,16)/q-1/t6-,8-,10?/m1/s1. The molecule has 1 fully saturated rings. The second-order valence-corrected chi connectivity index (χ2v) is 7.08. The van der Waals surface area contributed by atoms with Crippen LogP contribution in [0.2, 0.25) is 0 Å². The number of aliphatic hydroxyl groups excluding tert-OH is 2. The molecule has 1 aliphatic heterocycles. The van der Waals surface area contributed by atoms with Crippen molar-refractivity contribution in [1.29, 1.82) is 0 Å². The summed E-state index contributed by atoms with van der Waals surface area (Å²) in [4.78, 5) is 15.8. The Bertz CT molecular complexity index is 425. The van der Waals surface area contributed by atoms with Gasteiger partial charge in [-0.05, 0) is 0 Å². The molecule has 1 amide bonds. The normalized spacial score (nSPS) is 28.5. The van der Waals surface area contributed by atoms with Crippen LogP contribution in [0, 0.1) is 0 Å². The van der Waals surface area contributed by atoms with Crippen LogP contribution < -0.4 is 26.5 Å². The van der Waals surface area contributed by atoms with Crippen LogP contribution in [0.1, 0.15) is 10.5 Å². The summed E-state index contributed by atoms with van der Waals surface area (Å²) in [6, 6.07) is -0.421. The molecule has 0 radical (unpaired) electrons. The molecule has 18 heavy (non-hydrogen) atoms. The summed E-state index contributed by atoms with van der Waals surface area (Å²) >= 11 is -0.388. The molecule has 8 heteroatoms. The SMILES string of the molecule is Cn1cnc(C(=O)N[C@@H]2C[I-][C@@H](CO)OC2O)c1. The third-order valence-electron chi connectivity index (χ3n) is 2.46. The monoisotopic (exact) mass is 368 g/mol. The molecular formula is C10H15IN3O4-. The third-order valence-corrected chi connectivity index (χ3v) is 5.58. The van der Waals surface area contributed by atoms with Crippen LogP contribution >= 0.6 is 0 Å². The van der Waals surface area contributed by atoms with Crippen molar-refractivity contribution in [3.05, 3.63) is 18.2 Å². The minimum atomic E-state index is -1.07. The van der Waals surface area contributed by atoms with Gasteiger partial charge in [-0.25, -0.2) is 0 Å². The molecule has 3 atom stereocenters. The molecule has 2 rings (SSSR count). The van der Waals surface area contributed by atoms with E-state index in [2.05, 4.69) is 10.3 Å². The molecule has 1 aromatic heterocycles. The Hall–Kier alpha value is -0.710. The summed E-state index contributed by atoms with van der Waals surface area (Å²) in [5.41, 5.74) is 0.312. The molecule has 1 aliphatic rings. The van der Waals surface area contributed by atoms with E-state index in [1.165, 1.54) is 6.33 Å². The van der Waals surface area contributed by atoms with Crippen LogP contribution in [0.25, 0.3) is 0 Å². The number of hydrogen-bond acceptors (Lipinski definition) is 5. The molecule has 1 unspecified atom stereocenters. The van der Waals surface area contributed by atoms with Gasteiger partial charge in [-0.3, -0.25) is 0 Å². The first-order valence-electron chi connectivity index (χ1n) is 5.41. The Morgan fingerprint density at radius 3 is 3.11 bits per heavy atom. The van der Waals surface area contributed by atoms with Crippen molar-refractivity contribution >= 4 is 5.91 Å². The summed E-state index contributed by atoms with van der Waals surface area (Å²) in [6.07, 6.45) is 2.08. The average Bonchev–Trinajstić information content (AvgIpc) is 2.78. The number of halogens is 1. The van der Waals surface area contributed by atoms with Gasteiger partial charge in [0.1, 0.15) is 0 Å². The van der Waals surface area contributed by atoms with Crippen LogP contribution in [0.5, 0.6) is 0 Å². The molecule has 102 valence electrons. The Balaban J connectivity index is 1.92. The van der Waals surface area contributed by atoms with Crippen LogP contribution in [0.3, 0.4) is 0 Å². The number of ether oxygens (including phenoxy) is 1. The van der Waals surface area contributed by atoms with E-state index in [1.807, 2.05) is 0 Å². The summed E-state index contributed by atoms with van der Waals surface area (Å²) < 4.78 is 7.30. The van der Waals surface area contributed by atoms with Gasteiger partial charge in [0, 0.05) is 0 Å². The quantitative estimate of drug-likeness (QED) is 0.368. The van der Waals surface area contributed by atoms with Gasteiger partial charge in [0.05, 0.1) is 0 Å². The molecular weight excluding hydrogens is 353 g/mol. The maximum absolute atomic E-state index is 11.8. The number of aliphatic hydroxyl groups is 2. The number of rotatable bonds is 3. The zero-order valence-corrected chi connectivity index (χ0v) is 11.9. The number of nitrogens with zero attached hydrogens (tertiary/aromatic N) is 2. The van der Waals surface area contributed by atoms with Crippen molar-refractivity contribution in [2.75, 3.05) is 11.0 Å². The number of alkyl halides is 2. The van der Waals surface area contributed by atoms with Crippen molar-refractivity contribution in [2.24, 2.45) is 7.05 Å². The molecule has 7 nitrogen and oxygen atoms in total. The fourth-order valence-corrected chi connectivity index (χ4v) is 4.09. The maximum atomic E-state index is 11.8. The predicted molar refractivity (Wildman–Crippen MR) is 57.3 cm³/mol. The molecule has 0 bridgehead atoms. The molecule has 3 N–H and O–H groups in total. The Morgan fingerprint density at radius 1 is 1.78 bits per heavy atom. The first kappa shape index (κ1) is 13.7. The van der Waals surface area contributed by atoms with Gasteiger partial charge < -0.3 is 0 Å². The van der Waals surface area contributed by atoms with Gasteiger partial charge >= 0.3 is 114 Å². The van der Waals surface area contributed by atoms with E-state index >= 15 is 0 Å². The molecule has 0 spiro atoms. The van der Waals surface area contributed by atoms with Crippen molar-refractivity contribution < 1.29 is 40.9 Å². The van der Waals surface area contributed by atoms with Crippen LogP contribution in [0.4, 0.5) is 0 Å². The second-order valence-electron chi connectivity index (χ2n) is 3.93. The Labute approximate surface area is 114 Å². The number of carbonyl (C=O) groups excluding carboxylic acids is 1. The Kier molecular flexibility index (Phi) is 4.54. The number of carbonyl (C=O) groups is 1. The molecule has 1 aromatic rings.